The minimum atomic E-state index is -0.400. The number of rotatable bonds is 5. The molecule has 1 saturated carbocycles. The summed E-state index contributed by atoms with van der Waals surface area (Å²) in [6.07, 6.45) is 1.98. The Morgan fingerprint density at radius 2 is 2.22 bits per heavy atom. The Morgan fingerprint density at radius 3 is 2.83 bits per heavy atom. The summed E-state index contributed by atoms with van der Waals surface area (Å²) in [5.41, 5.74) is 0.785. The van der Waals surface area contributed by atoms with Crippen molar-refractivity contribution in [2.24, 2.45) is 5.92 Å². The van der Waals surface area contributed by atoms with Crippen LogP contribution in [-0.2, 0) is 11.2 Å². The first-order valence-corrected chi connectivity index (χ1v) is 6.26. The molecular weight excluding hydrogens is 230 g/mol. The second-order valence-electron chi connectivity index (χ2n) is 5.03. The van der Waals surface area contributed by atoms with E-state index in [1.165, 1.54) is 0 Å². The SMILES string of the molecule is CN(CC(O)C1CC1)C(=O)Cc1cccc(O)c1. The molecular formula is C14H19NO3. The maximum absolute atomic E-state index is 11.9. The number of phenols is 1. The third kappa shape index (κ3) is 3.47. The average molecular weight is 249 g/mol. The van der Waals surface area contributed by atoms with Gasteiger partial charge in [0, 0.05) is 13.6 Å². The molecule has 1 unspecified atom stereocenters. The fraction of sp³-hybridized carbons (Fsp3) is 0.500. The van der Waals surface area contributed by atoms with Gasteiger partial charge in [0.05, 0.1) is 12.5 Å². The number of aliphatic hydroxyl groups is 1. The van der Waals surface area contributed by atoms with Gasteiger partial charge in [-0.2, -0.15) is 0 Å². The molecule has 4 nitrogen and oxygen atoms in total. The second-order valence-corrected chi connectivity index (χ2v) is 5.03. The molecule has 1 aromatic carbocycles. The molecule has 1 aliphatic rings. The molecule has 0 saturated heterocycles. The zero-order valence-electron chi connectivity index (χ0n) is 10.5. The summed E-state index contributed by atoms with van der Waals surface area (Å²) in [5.74, 6) is 0.502. The van der Waals surface area contributed by atoms with Gasteiger partial charge in [0.25, 0.3) is 0 Å². The third-order valence-electron chi connectivity index (χ3n) is 3.32. The first-order valence-electron chi connectivity index (χ1n) is 6.26. The minimum Gasteiger partial charge on any atom is -0.508 e. The van der Waals surface area contributed by atoms with Gasteiger partial charge in [-0.05, 0) is 36.5 Å². The third-order valence-corrected chi connectivity index (χ3v) is 3.32. The van der Waals surface area contributed by atoms with Crippen molar-refractivity contribution in [2.75, 3.05) is 13.6 Å². The van der Waals surface area contributed by atoms with Crippen LogP contribution in [0, 0.1) is 5.92 Å². The number of aromatic hydroxyl groups is 1. The first kappa shape index (κ1) is 12.9. The smallest absolute Gasteiger partial charge is 0.226 e. The number of benzene rings is 1. The number of phenolic OH excluding ortho intramolecular Hbond substituents is 1. The van der Waals surface area contributed by atoms with Crippen LogP contribution in [0.2, 0.25) is 0 Å². The topological polar surface area (TPSA) is 60.8 Å². The molecule has 98 valence electrons. The Hall–Kier alpha value is -1.55. The zero-order valence-corrected chi connectivity index (χ0v) is 10.5. The van der Waals surface area contributed by atoms with E-state index in [9.17, 15) is 15.0 Å². The van der Waals surface area contributed by atoms with Crippen molar-refractivity contribution in [3.63, 3.8) is 0 Å². The van der Waals surface area contributed by atoms with Gasteiger partial charge in [-0.25, -0.2) is 0 Å². The molecule has 0 aromatic heterocycles. The number of nitrogens with zero attached hydrogens (tertiary/aromatic N) is 1. The molecule has 1 fully saturated rings. The molecule has 0 heterocycles. The Balaban J connectivity index is 1.86. The van der Waals surface area contributed by atoms with E-state index in [2.05, 4.69) is 0 Å². The van der Waals surface area contributed by atoms with Crippen LogP contribution in [0.5, 0.6) is 5.75 Å². The van der Waals surface area contributed by atoms with Crippen molar-refractivity contribution in [3.8, 4) is 5.75 Å². The molecule has 1 aliphatic carbocycles. The monoisotopic (exact) mass is 249 g/mol. The van der Waals surface area contributed by atoms with Gasteiger partial charge in [-0.3, -0.25) is 4.79 Å². The summed E-state index contributed by atoms with van der Waals surface area (Å²) >= 11 is 0. The predicted molar refractivity (Wildman–Crippen MR) is 68.2 cm³/mol. The number of hydrogen-bond donors (Lipinski definition) is 2. The number of aliphatic hydroxyl groups excluding tert-OH is 1. The maximum Gasteiger partial charge on any atom is 0.226 e. The predicted octanol–water partition coefficient (Wildman–Crippen LogP) is 1.16. The van der Waals surface area contributed by atoms with E-state index in [-0.39, 0.29) is 18.1 Å². The van der Waals surface area contributed by atoms with Gasteiger partial charge >= 0.3 is 0 Å². The lowest BCUT2D eigenvalue weighted by Crippen LogP contribution is -2.36. The van der Waals surface area contributed by atoms with Gasteiger partial charge in [0.2, 0.25) is 5.91 Å². The van der Waals surface area contributed by atoms with Crippen molar-refractivity contribution >= 4 is 5.91 Å². The van der Waals surface area contributed by atoms with Crippen LogP contribution in [0.25, 0.3) is 0 Å². The molecule has 0 aliphatic heterocycles. The van der Waals surface area contributed by atoms with Crippen molar-refractivity contribution < 1.29 is 15.0 Å². The van der Waals surface area contributed by atoms with Crippen molar-refractivity contribution in [1.29, 1.82) is 0 Å². The van der Waals surface area contributed by atoms with Gasteiger partial charge in [-0.1, -0.05) is 12.1 Å². The lowest BCUT2D eigenvalue weighted by atomic mass is 10.1. The van der Waals surface area contributed by atoms with E-state index in [4.69, 9.17) is 0 Å². The Kier molecular flexibility index (Phi) is 3.87. The van der Waals surface area contributed by atoms with E-state index in [0.717, 1.165) is 18.4 Å². The van der Waals surface area contributed by atoms with E-state index in [1.807, 2.05) is 6.07 Å². The number of likely N-dealkylation sites (N-methyl/N-ethyl adjacent to an activating group) is 1. The molecule has 2 rings (SSSR count). The molecule has 1 atom stereocenters. The van der Waals surface area contributed by atoms with Crippen LogP contribution in [0.4, 0.5) is 0 Å². The quantitative estimate of drug-likeness (QED) is 0.823. The molecule has 2 N–H and O–H groups in total. The van der Waals surface area contributed by atoms with Crippen LogP contribution in [0.1, 0.15) is 18.4 Å². The fourth-order valence-electron chi connectivity index (χ4n) is 1.99. The summed E-state index contributed by atoms with van der Waals surface area (Å²) in [5, 5.41) is 19.1. The van der Waals surface area contributed by atoms with E-state index in [0.29, 0.717) is 12.5 Å². The first-order chi connectivity index (χ1) is 8.56. The minimum absolute atomic E-state index is 0.0414. The Bertz CT molecular complexity index is 429. The number of hydrogen-bond acceptors (Lipinski definition) is 3. The molecule has 0 bridgehead atoms. The summed E-state index contributed by atoms with van der Waals surface area (Å²) < 4.78 is 0. The highest BCUT2D eigenvalue weighted by molar-refractivity contribution is 5.78. The molecule has 4 heteroatoms. The van der Waals surface area contributed by atoms with Gasteiger partial charge in [-0.15, -0.1) is 0 Å². The zero-order chi connectivity index (χ0) is 13.1. The van der Waals surface area contributed by atoms with Crippen LogP contribution in [0.15, 0.2) is 24.3 Å². The van der Waals surface area contributed by atoms with E-state index >= 15 is 0 Å². The highest BCUT2D eigenvalue weighted by Crippen LogP contribution is 2.32. The molecule has 1 amide bonds. The van der Waals surface area contributed by atoms with Crippen LogP contribution < -0.4 is 0 Å². The highest BCUT2D eigenvalue weighted by atomic mass is 16.3. The van der Waals surface area contributed by atoms with Crippen LogP contribution >= 0.6 is 0 Å². The molecule has 18 heavy (non-hydrogen) atoms. The summed E-state index contributed by atoms with van der Waals surface area (Å²) in [6, 6.07) is 6.69. The van der Waals surface area contributed by atoms with Crippen LogP contribution in [-0.4, -0.2) is 40.7 Å². The van der Waals surface area contributed by atoms with Crippen molar-refractivity contribution in [1.82, 2.24) is 4.90 Å². The van der Waals surface area contributed by atoms with Crippen LogP contribution in [0.3, 0.4) is 0 Å². The summed E-state index contributed by atoms with van der Waals surface area (Å²) in [6.45, 7) is 0.391. The standard InChI is InChI=1S/C14H19NO3/c1-15(9-13(17)11-5-6-11)14(18)8-10-3-2-4-12(16)7-10/h2-4,7,11,13,16-17H,5-6,8-9H2,1H3. The van der Waals surface area contributed by atoms with Crippen molar-refractivity contribution in [3.05, 3.63) is 29.8 Å². The molecule has 1 aromatic rings. The van der Waals surface area contributed by atoms with Crippen molar-refractivity contribution in [2.45, 2.75) is 25.4 Å². The second kappa shape index (κ2) is 5.40. The van der Waals surface area contributed by atoms with Gasteiger partial charge < -0.3 is 15.1 Å². The van der Waals surface area contributed by atoms with E-state index in [1.54, 1.807) is 30.1 Å². The average Bonchev–Trinajstić information content (AvgIpc) is 3.12. The molecule has 0 radical (unpaired) electrons. The lowest BCUT2D eigenvalue weighted by Gasteiger charge is -2.20. The number of carbonyl (C=O) groups is 1. The molecule has 0 spiro atoms. The highest BCUT2D eigenvalue weighted by Gasteiger charge is 2.31. The van der Waals surface area contributed by atoms with Gasteiger partial charge in [0.1, 0.15) is 5.75 Å². The summed E-state index contributed by atoms with van der Waals surface area (Å²) in [7, 11) is 1.71. The largest absolute Gasteiger partial charge is 0.508 e. The lowest BCUT2D eigenvalue weighted by molar-refractivity contribution is -0.130. The number of carbonyl (C=O) groups excluding carboxylic acids is 1. The summed E-state index contributed by atoms with van der Waals surface area (Å²) in [4.78, 5) is 13.5. The van der Waals surface area contributed by atoms with Gasteiger partial charge in [0.15, 0.2) is 0 Å². The fourth-order valence-corrected chi connectivity index (χ4v) is 1.99. The normalized spacial score (nSPS) is 16.3. The number of amides is 1. The Morgan fingerprint density at radius 1 is 1.50 bits per heavy atom. The Labute approximate surface area is 107 Å². The maximum atomic E-state index is 11.9. The van der Waals surface area contributed by atoms with E-state index < -0.39 is 6.10 Å².